The van der Waals surface area contributed by atoms with E-state index in [1.54, 1.807) is 51.8 Å². The van der Waals surface area contributed by atoms with E-state index < -0.39 is 0 Å². The molecule has 1 heterocycles. The van der Waals surface area contributed by atoms with Crippen LogP contribution in [0.15, 0.2) is 47.1 Å². The van der Waals surface area contributed by atoms with E-state index in [2.05, 4.69) is 5.16 Å². The van der Waals surface area contributed by atoms with Crippen LogP contribution in [0.1, 0.15) is 0 Å². The maximum atomic E-state index is 11.3. The summed E-state index contributed by atoms with van der Waals surface area (Å²) in [4.78, 5) is 0. The smallest absolute Gasteiger partial charge is 0.872 e. The van der Waals surface area contributed by atoms with Gasteiger partial charge in [-0.2, -0.15) is 0 Å². The first-order valence-electron chi connectivity index (χ1n) is 7.20. The van der Waals surface area contributed by atoms with Gasteiger partial charge in [0, 0.05) is 11.1 Å². The van der Waals surface area contributed by atoms with Crippen LogP contribution >= 0.6 is 0 Å². The minimum absolute atomic E-state index is 0. The second-order valence-electron chi connectivity index (χ2n) is 5.01. The number of rotatable bonds is 5. The van der Waals surface area contributed by atoms with Crippen molar-refractivity contribution in [2.24, 2.45) is 0 Å². The van der Waals surface area contributed by atoms with Crippen LogP contribution in [0.2, 0.25) is 0 Å². The fraction of sp³-hybridized carbons (Fsp3) is 0.167. The zero-order valence-electron chi connectivity index (χ0n) is 14.5. The van der Waals surface area contributed by atoms with E-state index in [0.717, 1.165) is 16.7 Å². The number of aromatic nitrogens is 1. The number of methoxy groups -OCH3 is 3. The van der Waals surface area contributed by atoms with Gasteiger partial charge in [-0.1, -0.05) is 29.4 Å². The Bertz CT molecular complexity index is 820. The second-order valence-corrected chi connectivity index (χ2v) is 5.01. The van der Waals surface area contributed by atoms with Crippen LogP contribution < -0.4 is 48.9 Å². The van der Waals surface area contributed by atoms with E-state index in [9.17, 15) is 5.11 Å². The van der Waals surface area contributed by atoms with Gasteiger partial charge in [0.1, 0.15) is 0 Å². The molecule has 0 aliphatic rings. The predicted octanol–water partition coefficient (Wildman–Crippen LogP) is 0.112. The summed E-state index contributed by atoms with van der Waals surface area (Å²) in [6, 6.07) is 10.0. The van der Waals surface area contributed by atoms with Crippen molar-refractivity contribution in [3.05, 3.63) is 42.6 Å². The van der Waals surface area contributed by atoms with Gasteiger partial charge in [-0.15, -0.1) is 5.75 Å². The van der Waals surface area contributed by atoms with Crippen LogP contribution in [0, 0.1) is 0 Å². The molecule has 0 bridgehead atoms. The van der Waals surface area contributed by atoms with Gasteiger partial charge in [-0.25, -0.2) is 0 Å². The van der Waals surface area contributed by atoms with Crippen LogP contribution in [0.3, 0.4) is 0 Å². The SMILES string of the molecule is COc1cc(-c2oncc2-c2ccc([O-])cc2)cc(OC)c1OC.[Na+]. The van der Waals surface area contributed by atoms with Crippen molar-refractivity contribution >= 4 is 0 Å². The summed E-state index contributed by atoms with van der Waals surface area (Å²) in [6.07, 6.45) is 1.61. The largest absolute Gasteiger partial charge is 1.00 e. The fourth-order valence-corrected chi connectivity index (χ4v) is 2.50. The van der Waals surface area contributed by atoms with Gasteiger partial charge in [-0.3, -0.25) is 0 Å². The Hall–Kier alpha value is -2.15. The molecule has 0 spiro atoms. The van der Waals surface area contributed by atoms with Crippen molar-refractivity contribution < 1.29 is 53.4 Å². The van der Waals surface area contributed by atoms with E-state index in [0.29, 0.717) is 23.0 Å². The molecule has 2 aromatic carbocycles. The Balaban J connectivity index is 0.00000225. The van der Waals surface area contributed by atoms with Crippen molar-refractivity contribution in [3.8, 4) is 45.4 Å². The number of benzene rings is 2. The average molecular weight is 349 g/mol. The van der Waals surface area contributed by atoms with Gasteiger partial charge in [0.2, 0.25) is 5.75 Å². The Morgan fingerprint density at radius 1 is 0.880 bits per heavy atom. The Morgan fingerprint density at radius 2 is 1.48 bits per heavy atom. The molecule has 0 radical (unpaired) electrons. The van der Waals surface area contributed by atoms with Gasteiger partial charge in [0.15, 0.2) is 17.3 Å². The first kappa shape index (κ1) is 19.2. The summed E-state index contributed by atoms with van der Waals surface area (Å²) >= 11 is 0. The number of hydrogen-bond acceptors (Lipinski definition) is 6. The summed E-state index contributed by atoms with van der Waals surface area (Å²) < 4.78 is 21.5. The van der Waals surface area contributed by atoms with Gasteiger partial charge < -0.3 is 23.8 Å². The monoisotopic (exact) mass is 349 g/mol. The molecule has 0 aliphatic heterocycles. The molecule has 0 saturated carbocycles. The summed E-state index contributed by atoms with van der Waals surface area (Å²) in [7, 11) is 4.65. The van der Waals surface area contributed by atoms with Crippen LogP contribution in [0.4, 0.5) is 0 Å². The fourth-order valence-electron chi connectivity index (χ4n) is 2.50. The van der Waals surface area contributed by atoms with Crippen molar-refractivity contribution in [1.82, 2.24) is 5.16 Å². The van der Waals surface area contributed by atoms with E-state index in [4.69, 9.17) is 18.7 Å². The molecule has 0 aliphatic carbocycles. The van der Waals surface area contributed by atoms with E-state index >= 15 is 0 Å². The minimum Gasteiger partial charge on any atom is -0.872 e. The number of nitrogens with zero attached hydrogens (tertiary/aromatic N) is 1. The standard InChI is InChI=1S/C18H17NO5.Na/c1-21-15-8-12(9-16(22-2)18(15)23-3)17-14(10-19-24-17)11-4-6-13(20)7-5-11;/h4-10,20H,1-3H3;/q;+1/p-1. The average Bonchev–Trinajstić information content (AvgIpc) is 3.10. The third-order valence-electron chi connectivity index (χ3n) is 3.66. The van der Waals surface area contributed by atoms with E-state index in [-0.39, 0.29) is 35.3 Å². The molecule has 124 valence electrons. The molecule has 0 saturated heterocycles. The molecular formula is C18H16NNaO5. The summed E-state index contributed by atoms with van der Waals surface area (Å²) in [5.74, 6) is 2.03. The third-order valence-corrected chi connectivity index (χ3v) is 3.66. The van der Waals surface area contributed by atoms with Gasteiger partial charge in [0.25, 0.3) is 0 Å². The zero-order chi connectivity index (χ0) is 17.1. The van der Waals surface area contributed by atoms with Gasteiger partial charge in [0.05, 0.1) is 27.5 Å². The molecule has 0 atom stereocenters. The molecule has 3 aromatic rings. The summed E-state index contributed by atoms with van der Waals surface area (Å²) in [6.45, 7) is 0. The quantitative estimate of drug-likeness (QED) is 0.609. The molecule has 1 aromatic heterocycles. The topological polar surface area (TPSA) is 76.8 Å². The molecule has 6 nitrogen and oxygen atoms in total. The molecule has 0 amide bonds. The predicted molar refractivity (Wildman–Crippen MR) is 86.5 cm³/mol. The Morgan fingerprint density at radius 3 is 2.00 bits per heavy atom. The molecule has 25 heavy (non-hydrogen) atoms. The number of hydrogen-bond donors (Lipinski definition) is 0. The first-order chi connectivity index (χ1) is 11.7. The van der Waals surface area contributed by atoms with Crippen molar-refractivity contribution in [2.45, 2.75) is 0 Å². The van der Waals surface area contributed by atoms with E-state index in [1.165, 1.54) is 12.1 Å². The summed E-state index contributed by atoms with van der Waals surface area (Å²) in [5.41, 5.74) is 2.33. The van der Waals surface area contributed by atoms with Gasteiger partial charge in [-0.05, 0) is 17.7 Å². The molecule has 0 unspecified atom stereocenters. The van der Waals surface area contributed by atoms with Crippen LogP contribution in [-0.4, -0.2) is 26.5 Å². The molecule has 3 rings (SSSR count). The molecule has 7 heteroatoms. The second kappa shape index (κ2) is 8.29. The zero-order valence-corrected chi connectivity index (χ0v) is 16.5. The normalized spacial score (nSPS) is 10.0. The van der Waals surface area contributed by atoms with Crippen molar-refractivity contribution in [1.29, 1.82) is 0 Å². The molecular weight excluding hydrogens is 333 g/mol. The Kier molecular flexibility index (Phi) is 6.36. The maximum Gasteiger partial charge on any atom is 1.00 e. The molecule has 0 N–H and O–H groups in total. The van der Waals surface area contributed by atoms with Crippen LogP contribution in [0.5, 0.6) is 23.0 Å². The number of ether oxygens (including phenoxy) is 3. The maximum absolute atomic E-state index is 11.3. The molecule has 0 fully saturated rings. The first-order valence-corrected chi connectivity index (χ1v) is 7.20. The minimum atomic E-state index is -0.0514. The van der Waals surface area contributed by atoms with Crippen molar-refractivity contribution in [3.63, 3.8) is 0 Å². The third kappa shape index (κ3) is 3.76. The van der Waals surface area contributed by atoms with Crippen LogP contribution in [0.25, 0.3) is 22.5 Å². The van der Waals surface area contributed by atoms with Crippen molar-refractivity contribution in [2.75, 3.05) is 21.3 Å². The van der Waals surface area contributed by atoms with Gasteiger partial charge >= 0.3 is 29.6 Å². The summed E-state index contributed by atoms with van der Waals surface area (Å²) in [5, 5.41) is 15.2. The van der Waals surface area contributed by atoms with E-state index in [1.807, 2.05) is 0 Å². The van der Waals surface area contributed by atoms with Crippen LogP contribution in [-0.2, 0) is 0 Å². The Labute approximate surface area is 167 Å².